The number of rotatable bonds is 11. The summed E-state index contributed by atoms with van der Waals surface area (Å²) in [6, 6.07) is 12.5. The first kappa shape index (κ1) is 27.8. The number of benzene rings is 3. The molecular weight excluding hydrogens is 488 g/mol. The third-order valence-corrected chi connectivity index (χ3v) is 5.65. The van der Waals surface area contributed by atoms with Gasteiger partial charge >= 0.3 is 0 Å². The quantitative estimate of drug-likeness (QED) is 0.203. The number of nitrogen functional groups attached to an aromatic ring is 1. The largest absolute Gasteiger partial charge is 0.495 e. The van der Waals surface area contributed by atoms with Crippen molar-refractivity contribution in [1.82, 2.24) is 0 Å². The molecule has 3 aromatic carbocycles. The molecule has 9 heteroatoms. The second-order valence-electron chi connectivity index (χ2n) is 7.88. The lowest BCUT2D eigenvalue weighted by molar-refractivity contribution is -0.111. The molecule has 0 unspecified atom stereocenters. The summed E-state index contributed by atoms with van der Waals surface area (Å²) in [6.07, 6.45) is 6.77. The van der Waals surface area contributed by atoms with Gasteiger partial charge in [-0.1, -0.05) is 18.2 Å². The van der Waals surface area contributed by atoms with E-state index in [0.717, 1.165) is 11.1 Å². The van der Waals surface area contributed by atoms with Crippen LogP contribution in [0.5, 0.6) is 34.5 Å². The predicted octanol–water partition coefficient (Wildman–Crippen LogP) is 5.14. The lowest BCUT2D eigenvalue weighted by Crippen LogP contribution is -2.11. The summed E-state index contributed by atoms with van der Waals surface area (Å²) in [5, 5.41) is 2.91. The Hall–Kier alpha value is -4.79. The van der Waals surface area contributed by atoms with Crippen molar-refractivity contribution in [2.75, 3.05) is 53.7 Å². The van der Waals surface area contributed by atoms with Crippen molar-refractivity contribution in [3.05, 3.63) is 65.2 Å². The van der Waals surface area contributed by atoms with Crippen LogP contribution in [0.25, 0.3) is 18.2 Å². The van der Waals surface area contributed by atoms with Crippen LogP contribution in [0.3, 0.4) is 0 Å². The van der Waals surface area contributed by atoms with Gasteiger partial charge in [0.1, 0.15) is 5.75 Å². The topological polar surface area (TPSA) is 111 Å². The molecule has 0 aliphatic rings. The maximum atomic E-state index is 12.9. The maximum Gasteiger partial charge on any atom is 0.248 e. The van der Waals surface area contributed by atoms with Gasteiger partial charge in [0.15, 0.2) is 23.0 Å². The number of hydrogen-bond donors (Lipinski definition) is 2. The fourth-order valence-electron chi connectivity index (χ4n) is 3.76. The standard InChI is InChI=1S/C29H32N2O7/c1-33-22-13-11-20(10-7-19-16-24(35-3)28(37-5)25(17-19)36-4)27(29(22)38-6)31-26(32)14-9-18-8-12-21(30)23(15-18)34-2/h7-17H,30H2,1-6H3,(H,31,32)/b10-7?,14-9+. The molecule has 3 aromatic rings. The average molecular weight is 521 g/mol. The third-order valence-electron chi connectivity index (χ3n) is 5.65. The number of anilines is 2. The highest BCUT2D eigenvalue weighted by Crippen LogP contribution is 2.41. The number of carbonyl (C=O) groups excluding carboxylic acids is 1. The third kappa shape index (κ3) is 6.31. The number of methoxy groups -OCH3 is 6. The van der Waals surface area contributed by atoms with Gasteiger partial charge < -0.3 is 39.5 Å². The van der Waals surface area contributed by atoms with E-state index in [2.05, 4.69) is 5.32 Å². The van der Waals surface area contributed by atoms with Crippen molar-refractivity contribution < 1.29 is 33.2 Å². The van der Waals surface area contributed by atoms with Crippen molar-refractivity contribution in [2.45, 2.75) is 0 Å². The van der Waals surface area contributed by atoms with Gasteiger partial charge in [-0.3, -0.25) is 4.79 Å². The van der Waals surface area contributed by atoms with Crippen molar-refractivity contribution in [3.8, 4) is 34.5 Å². The normalized spacial score (nSPS) is 10.9. The molecule has 0 atom stereocenters. The first-order chi connectivity index (χ1) is 18.4. The number of nitrogens with one attached hydrogen (secondary N) is 1. The first-order valence-corrected chi connectivity index (χ1v) is 11.5. The highest BCUT2D eigenvalue weighted by molar-refractivity contribution is 6.05. The molecule has 0 aromatic heterocycles. The number of amides is 1. The molecule has 0 heterocycles. The zero-order chi connectivity index (χ0) is 27.7. The van der Waals surface area contributed by atoms with Crippen LogP contribution in [0.2, 0.25) is 0 Å². The van der Waals surface area contributed by atoms with Gasteiger partial charge in [0.05, 0.1) is 54.0 Å². The van der Waals surface area contributed by atoms with Gasteiger partial charge in [-0.15, -0.1) is 0 Å². The van der Waals surface area contributed by atoms with Gasteiger partial charge in [0.25, 0.3) is 0 Å². The zero-order valence-corrected chi connectivity index (χ0v) is 22.3. The average Bonchev–Trinajstić information content (AvgIpc) is 2.94. The Kier molecular flexibility index (Phi) is 9.48. The molecular formula is C29H32N2O7. The van der Waals surface area contributed by atoms with E-state index < -0.39 is 0 Å². The van der Waals surface area contributed by atoms with Gasteiger partial charge in [0.2, 0.25) is 11.7 Å². The highest BCUT2D eigenvalue weighted by atomic mass is 16.5. The summed E-state index contributed by atoms with van der Waals surface area (Å²) >= 11 is 0. The summed E-state index contributed by atoms with van der Waals surface area (Å²) < 4.78 is 32.6. The SMILES string of the molecule is COc1cc(/C=C/C(=O)Nc2c(C=Cc3cc(OC)c(OC)c(OC)c3)ccc(OC)c2OC)ccc1N. The Morgan fingerprint density at radius 1 is 0.658 bits per heavy atom. The monoisotopic (exact) mass is 520 g/mol. The van der Waals surface area contributed by atoms with Crippen LogP contribution < -0.4 is 39.5 Å². The fraction of sp³-hybridized carbons (Fsp3) is 0.207. The number of carbonyl (C=O) groups is 1. The van der Waals surface area contributed by atoms with Crippen LogP contribution in [0, 0.1) is 0 Å². The Balaban J connectivity index is 1.96. The molecule has 0 aliphatic heterocycles. The summed E-state index contributed by atoms with van der Waals surface area (Å²) in [5.41, 5.74) is 9.07. The van der Waals surface area contributed by atoms with Crippen LogP contribution in [-0.2, 0) is 4.79 Å². The first-order valence-electron chi connectivity index (χ1n) is 11.5. The molecule has 0 saturated heterocycles. The molecule has 38 heavy (non-hydrogen) atoms. The van der Waals surface area contributed by atoms with Crippen molar-refractivity contribution in [3.63, 3.8) is 0 Å². The molecule has 3 rings (SSSR count). The minimum atomic E-state index is -0.366. The molecule has 1 amide bonds. The smallest absolute Gasteiger partial charge is 0.248 e. The molecule has 200 valence electrons. The minimum Gasteiger partial charge on any atom is -0.495 e. The van der Waals surface area contributed by atoms with Crippen LogP contribution in [-0.4, -0.2) is 48.6 Å². The van der Waals surface area contributed by atoms with Crippen LogP contribution in [0.4, 0.5) is 11.4 Å². The summed E-state index contributed by atoms with van der Waals surface area (Å²) in [6.45, 7) is 0. The zero-order valence-electron chi connectivity index (χ0n) is 22.3. The van der Waals surface area contributed by atoms with Crippen LogP contribution >= 0.6 is 0 Å². The Labute approximate surface area is 222 Å². The molecule has 3 N–H and O–H groups in total. The van der Waals surface area contributed by atoms with Crippen molar-refractivity contribution in [1.29, 1.82) is 0 Å². The van der Waals surface area contributed by atoms with E-state index in [1.165, 1.54) is 27.4 Å². The molecule has 0 fully saturated rings. The second kappa shape index (κ2) is 13.0. The van der Waals surface area contributed by atoms with E-state index in [4.69, 9.17) is 34.2 Å². The van der Waals surface area contributed by atoms with Gasteiger partial charge in [0, 0.05) is 11.6 Å². The summed E-state index contributed by atoms with van der Waals surface area (Å²) in [5.74, 6) is 2.57. The Morgan fingerprint density at radius 3 is 1.84 bits per heavy atom. The van der Waals surface area contributed by atoms with E-state index in [9.17, 15) is 4.79 Å². The highest BCUT2D eigenvalue weighted by Gasteiger charge is 2.16. The second-order valence-corrected chi connectivity index (χ2v) is 7.88. The van der Waals surface area contributed by atoms with Crippen molar-refractivity contribution >= 4 is 35.5 Å². The summed E-state index contributed by atoms with van der Waals surface area (Å²) in [7, 11) is 9.24. The molecule has 9 nitrogen and oxygen atoms in total. The molecule has 0 aliphatic carbocycles. The van der Waals surface area contributed by atoms with E-state index in [-0.39, 0.29) is 5.91 Å². The Morgan fingerprint density at radius 2 is 1.26 bits per heavy atom. The number of ether oxygens (including phenoxy) is 6. The van der Waals surface area contributed by atoms with Gasteiger partial charge in [-0.05, 0) is 53.6 Å². The summed E-state index contributed by atoms with van der Waals surface area (Å²) in [4.78, 5) is 12.9. The van der Waals surface area contributed by atoms with E-state index in [0.29, 0.717) is 51.4 Å². The van der Waals surface area contributed by atoms with Crippen molar-refractivity contribution in [2.24, 2.45) is 0 Å². The van der Waals surface area contributed by atoms with E-state index in [1.807, 2.05) is 30.4 Å². The maximum absolute atomic E-state index is 12.9. The van der Waals surface area contributed by atoms with Gasteiger partial charge in [-0.2, -0.15) is 0 Å². The number of nitrogens with two attached hydrogens (primary N) is 1. The predicted molar refractivity (Wildman–Crippen MR) is 150 cm³/mol. The molecule has 0 radical (unpaired) electrons. The lowest BCUT2D eigenvalue weighted by Gasteiger charge is -2.16. The van der Waals surface area contributed by atoms with E-state index in [1.54, 1.807) is 51.7 Å². The van der Waals surface area contributed by atoms with Crippen LogP contribution in [0.15, 0.2) is 48.5 Å². The fourth-order valence-corrected chi connectivity index (χ4v) is 3.76. The van der Waals surface area contributed by atoms with Crippen LogP contribution in [0.1, 0.15) is 16.7 Å². The molecule has 0 bridgehead atoms. The van der Waals surface area contributed by atoms with E-state index >= 15 is 0 Å². The number of hydrogen-bond acceptors (Lipinski definition) is 8. The minimum absolute atomic E-state index is 0.366. The lowest BCUT2D eigenvalue weighted by atomic mass is 10.1. The Bertz CT molecular complexity index is 1320. The molecule has 0 saturated carbocycles. The molecule has 0 spiro atoms. The van der Waals surface area contributed by atoms with Gasteiger partial charge in [-0.25, -0.2) is 0 Å².